The maximum atomic E-state index is 12.5. The van der Waals surface area contributed by atoms with Gasteiger partial charge >= 0.3 is 0 Å². The van der Waals surface area contributed by atoms with Gasteiger partial charge in [-0.25, -0.2) is 0 Å². The largest absolute Gasteiger partial charge is 0.455 e. The summed E-state index contributed by atoms with van der Waals surface area (Å²) in [5, 5.41) is 5.82. The first kappa shape index (κ1) is 24.5. The first-order valence-corrected chi connectivity index (χ1v) is 11.9. The van der Waals surface area contributed by atoms with E-state index in [1.165, 1.54) is 0 Å². The Morgan fingerprint density at radius 1 is 0.500 bits per heavy atom. The van der Waals surface area contributed by atoms with E-state index < -0.39 is 0 Å². The number of carbonyl (C=O) groups excluding carboxylic acids is 2. The molecule has 2 N–H and O–H groups in total. The lowest BCUT2D eigenvalue weighted by Crippen LogP contribution is -2.14. The standard InChI is InChI=1S/C30H28N2O4/c33-29(31-25-17-7-9-19-27(25)35-23-13-3-1-4-14-23)21-11-12-22-30(34)32-26-18-8-10-20-28(26)36-24-15-5-2-6-16-24/h1-10,13-20H,11-12,21-22H2,(H,31,33)(H,32,34). The third-order valence-corrected chi connectivity index (χ3v) is 5.32. The van der Waals surface area contributed by atoms with Gasteiger partial charge in [0.05, 0.1) is 11.4 Å². The molecule has 6 nitrogen and oxygen atoms in total. The van der Waals surface area contributed by atoms with Crippen LogP contribution in [-0.2, 0) is 9.59 Å². The molecule has 4 rings (SSSR count). The van der Waals surface area contributed by atoms with Gasteiger partial charge in [0, 0.05) is 12.8 Å². The second-order valence-electron chi connectivity index (χ2n) is 8.13. The van der Waals surface area contributed by atoms with Gasteiger partial charge in [-0.05, 0) is 61.4 Å². The Hall–Kier alpha value is -4.58. The molecule has 0 aromatic heterocycles. The number of benzene rings is 4. The van der Waals surface area contributed by atoms with E-state index in [1.807, 2.05) is 97.1 Å². The van der Waals surface area contributed by atoms with Crippen molar-refractivity contribution >= 4 is 23.2 Å². The van der Waals surface area contributed by atoms with Crippen LogP contribution < -0.4 is 20.1 Å². The maximum Gasteiger partial charge on any atom is 0.224 e. The third-order valence-electron chi connectivity index (χ3n) is 5.32. The van der Waals surface area contributed by atoms with Crippen LogP contribution in [0.15, 0.2) is 109 Å². The van der Waals surface area contributed by atoms with Gasteiger partial charge in [-0.3, -0.25) is 9.59 Å². The van der Waals surface area contributed by atoms with Crippen molar-refractivity contribution in [2.45, 2.75) is 25.7 Å². The molecule has 0 saturated carbocycles. The molecule has 0 bridgehead atoms. The molecule has 0 aliphatic heterocycles. The molecule has 4 aromatic carbocycles. The Balaban J connectivity index is 1.22. The summed E-state index contributed by atoms with van der Waals surface area (Å²) in [6.45, 7) is 0. The van der Waals surface area contributed by atoms with Crippen LogP contribution in [0, 0.1) is 0 Å². The van der Waals surface area contributed by atoms with Gasteiger partial charge in [-0.1, -0.05) is 60.7 Å². The van der Waals surface area contributed by atoms with E-state index in [2.05, 4.69) is 10.6 Å². The van der Waals surface area contributed by atoms with Crippen molar-refractivity contribution in [2.75, 3.05) is 10.6 Å². The number of nitrogens with one attached hydrogen (secondary N) is 2. The monoisotopic (exact) mass is 480 g/mol. The molecule has 0 heterocycles. The number of amides is 2. The molecule has 0 fully saturated rings. The predicted octanol–water partition coefficient (Wildman–Crippen LogP) is 7.41. The van der Waals surface area contributed by atoms with Crippen LogP contribution in [-0.4, -0.2) is 11.8 Å². The fourth-order valence-electron chi connectivity index (χ4n) is 3.55. The van der Waals surface area contributed by atoms with Crippen molar-refractivity contribution in [2.24, 2.45) is 0 Å². The van der Waals surface area contributed by atoms with Crippen LogP contribution in [0.5, 0.6) is 23.0 Å². The van der Waals surface area contributed by atoms with Gasteiger partial charge in [0.1, 0.15) is 11.5 Å². The first-order valence-electron chi connectivity index (χ1n) is 11.9. The molecule has 0 radical (unpaired) electrons. The second kappa shape index (κ2) is 12.8. The van der Waals surface area contributed by atoms with Crippen molar-refractivity contribution in [1.29, 1.82) is 0 Å². The highest BCUT2D eigenvalue weighted by Crippen LogP contribution is 2.30. The Morgan fingerprint density at radius 3 is 1.28 bits per heavy atom. The lowest BCUT2D eigenvalue weighted by molar-refractivity contribution is -0.118. The molecule has 0 atom stereocenters. The van der Waals surface area contributed by atoms with Gasteiger partial charge in [-0.2, -0.15) is 0 Å². The van der Waals surface area contributed by atoms with Gasteiger partial charge in [0.15, 0.2) is 11.5 Å². The normalized spacial score (nSPS) is 10.3. The number of hydrogen-bond donors (Lipinski definition) is 2. The number of hydrogen-bond acceptors (Lipinski definition) is 4. The van der Waals surface area contributed by atoms with Gasteiger partial charge in [0.25, 0.3) is 0 Å². The maximum absolute atomic E-state index is 12.5. The topological polar surface area (TPSA) is 76.7 Å². The van der Waals surface area contributed by atoms with Crippen LogP contribution in [0.4, 0.5) is 11.4 Å². The Morgan fingerprint density at radius 2 is 0.861 bits per heavy atom. The average Bonchev–Trinajstić information content (AvgIpc) is 2.90. The van der Waals surface area contributed by atoms with Gasteiger partial charge in [0.2, 0.25) is 11.8 Å². The van der Waals surface area contributed by atoms with E-state index in [0.717, 1.165) is 0 Å². The summed E-state index contributed by atoms with van der Waals surface area (Å²) in [7, 11) is 0. The van der Waals surface area contributed by atoms with E-state index in [1.54, 1.807) is 12.1 Å². The zero-order valence-electron chi connectivity index (χ0n) is 19.9. The second-order valence-corrected chi connectivity index (χ2v) is 8.13. The summed E-state index contributed by atoms with van der Waals surface area (Å²) in [5.74, 6) is 2.30. The van der Waals surface area contributed by atoms with E-state index in [-0.39, 0.29) is 11.8 Å². The first-order chi connectivity index (χ1) is 17.7. The Labute approximate surface area is 210 Å². The van der Waals surface area contributed by atoms with Crippen LogP contribution >= 0.6 is 0 Å². The minimum absolute atomic E-state index is 0.124. The van der Waals surface area contributed by atoms with Crippen LogP contribution in [0.25, 0.3) is 0 Å². The smallest absolute Gasteiger partial charge is 0.224 e. The predicted molar refractivity (Wildman–Crippen MR) is 142 cm³/mol. The number of unbranched alkanes of at least 4 members (excludes halogenated alkanes) is 1. The highest BCUT2D eigenvalue weighted by Gasteiger charge is 2.11. The minimum atomic E-state index is -0.124. The molecule has 0 aliphatic carbocycles. The van der Waals surface area contributed by atoms with Crippen molar-refractivity contribution < 1.29 is 19.1 Å². The Kier molecular flexibility index (Phi) is 8.70. The molecule has 0 unspecified atom stereocenters. The molecule has 0 aliphatic rings. The van der Waals surface area contributed by atoms with Crippen molar-refractivity contribution in [3.63, 3.8) is 0 Å². The fraction of sp³-hybridized carbons (Fsp3) is 0.133. The van der Waals surface area contributed by atoms with Crippen molar-refractivity contribution in [3.05, 3.63) is 109 Å². The summed E-state index contributed by atoms with van der Waals surface area (Å²) in [6, 6.07) is 33.5. The molecular weight excluding hydrogens is 452 g/mol. The number of carbonyl (C=O) groups is 2. The summed E-state index contributed by atoms with van der Waals surface area (Å²) in [6.07, 6.45) is 1.79. The van der Waals surface area contributed by atoms with Crippen LogP contribution in [0.1, 0.15) is 25.7 Å². The molecule has 0 saturated heterocycles. The summed E-state index contributed by atoms with van der Waals surface area (Å²) in [4.78, 5) is 25.0. The van der Waals surface area contributed by atoms with Crippen molar-refractivity contribution in [3.8, 4) is 23.0 Å². The highest BCUT2D eigenvalue weighted by molar-refractivity contribution is 5.93. The lowest BCUT2D eigenvalue weighted by atomic mass is 10.1. The lowest BCUT2D eigenvalue weighted by Gasteiger charge is -2.13. The molecule has 36 heavy (non-hydrogen) atoms. The van der Waals surface area contributed by atoms with Crippen LogP contribution in [0.3, 0.4) is 0 Å². The zero-order valence-corrected chi connectivity index (χ0v) is 19.9. The van der Waals surface area contributed by atoms with Gasteiger partial charge < -0.3 is 20.1 Å². The average molecular weight is 481 g/mol. The summed E-state index contributed by atoms with van der Waals surface area (Å²) in [5.41, 5.74) is 1.22. The van der Waals surface area contributed by atoms with Crippen molar-refractivity contribution in [1.82, 2.24) is 0 Å². The number of ether oxygens (including phenoxy) is 2. The van der Waals surface area contributed by atoms with E-state index >= 15 is 0 Å². The third kappa shape index (κ3) is 7.46. The fourth-order valence-corrected chi connectivity index (χ4v) is 3.55. The SMILES string of the molecule is O=C(CCCCC(=O)Nc1ccccc1Oc1ccccc1)Nc1ccccc1Oc1ccccc1. The number of para-hydroxylation sites is 6. The minimum Gasteiger partial charge on any atom is -0.455 e. The van der Waals surface area contributed by atoms with E-state index in [0.29, 0.717) is 60.1 Å². The van der Waals surface area contributed by atoms with Crippen LogP contribution in [0.2, 0.25) is 0 Å². The number of anilines is 2. The summed E-state index contributed by atoms with van der Waals surface area (Å²) >= 11 is 0. The highest BCUT2D eigenvalue weighted by atomic mass is 16.5. The number of rotatable bonds is 11. The molecule has 4 aromatic rings. The molecule has 6 heteroatoms. The quantitative estimate of drug-likeness (QED) is 0.219. The van der Waals surface area contributed by atoms with Gasteiger partial charge in [-0.15, -0.1) is 0 Å². The Bertz CT molecular complexity index is 1180. The zero-order chi connectivity index (χ0) is 25.0. The molecular formula is C30H28N2O4. The molecule has 182 valence electrons. The van der Waals surface area contributed by atoms with E-state index in [9.17, 15) is 9.59 Å². The van der Waals surface area contributed by atoms with E-state index in [4.69, 9.17) is 9.47 Å². The molecule has 2 amide bonds. The molecule has 0 spiro atoms. The summed E-state index contributed by atoms with van der Waals surface area (Å²) < 4.78 is 11.8.